The van der Waals surface area contributed by atoms with Crippen LogP contribution in [-0.4, -0.2) is 29.2 Å². The first-order valence-corrected chi connectivity index (χ1v) is 8.64. The van der Waals surface area contributed by atoms with Crippen molar-refractivity contribution < 1.29 is 4.74 Å². The molecule has 2 atom stereocenters. The highest BCUT2D eigenvalue weighted by Gasteiger charge is 2.42. The van der Waals surface area contributed by atoms with Gasteiger partial charge in [0, 0.05) is 17.8 Å². The van der Waals surface area contributed by atoms with E-state index in [-0.39, 0.29) is 23.2 Å². The average Bonchev–Trinajstić information content (AvgIpc) is 2.84. The molecule has 2 fully saturated rings. The first-order chi connectivity index (χ1) is 12.1. The van der Waals surface area contributed by atoms with E-state index in [0.29, 0.717) is 17.6 Å². The first-order valence-electron chi connectivity index (χ1n) is 8.64. The minimum atomic E-state index is -0.202. The number of nitrogens with zero attached hydrogens (tertiary/aromatic N) is 2. The number of nitrogens with one attached hydrogen (secondary N) is 1. The number of aromatic nitrogens is 2. The summed E-state index contributed by atoms with van der Waals surface area (Å²) < 4.78 is 5.25. The topological polar surface area (TPSA) is 110 Å². The number of nitrogens with two attached hydrogens (primary N) is 2. The Morgan fingerprint density at radius 1 is 1.16 bits per heavy atom. The first kappa shape index (κ1) is 15.8. The molecule has 0 aliphatic carbocycles. The van der Waals surface area contributed by atoms with Gasteiger partial charge in [-0.1, -0.05) is 0 Å². The van der Waals surface area contributed by atoms with E-state index in [0.717, 1.165) is 31.4 Å². The zero-order chi connectivity index (χ0) is 17.6. The molecule has 2 unspecified atom stereocenters. The second kappa shape index (κ2) is 5.98. The molecule has 0 radical (unpaired) electrons. The normalized spacial score (nSPS) is 25.2. The minimum Gasteiger partial charge on any atom is -0.497 e. The predicted molar refractivity (Wildman–Crippen MR) is 97.9 cm³/mol. The molecule has 132 valence electrons. The van der Waals surface area contributed by atoms with E-state index in [9.17, 15) is 4.79 Å². The molecule has 2 saturated heterocycles. The zero-order valence-electron chi connectivity index (χ0n) is 14.2. The van der Waals surface area contributed by atoms with Crippen molar-refractivity contribution in [2.24, 2.45) is 0 Å². The molecule has 3 heterocycles. The van der Waals surface area contributed by atoms with Crippen LogP contribution in [0, 0.1) is 0 Å². The van der Waals surface area contributed by atoms with Crippen molar-refractivity contribution in [3.63, 3.8) is 0 Å². The largest absolute Gasteiger partial charge is 0.497 e. The molecule has 5 N–H and O–H groups in total. The molecule has 25 heavy (non-hydrogen) atoms. The number of hydrogen-bond donors (Lipinski definition) is 3. The van der Waals surface area contributed by atoms with Crippen LogP contribution in [0.15, 0.2) is 29.1 Å². The Morgan fingerprint density at radius 3 is 2.36 bits per heavy atom. The summed E-state index contributed by atoms with van der Waals surface area (Å²) in [6, 6.07) is 9.02. The molecule has 1 aromatic heterocycles. The number of nitrogen functional groups attached to an aromatic ring is 2. The van der Waals surface area contributed by atoms with Gasteiger partial charge in [0.25, 0.3) is 5.56 Å². The van der Waals surface area contributed by atoms with Gasteiger partial charge in [0.15, 0.2) is 0 Å². The van der Waals surface area contributed by atoms with Crippen LogP contribution in [0.1, 0.15) is 37.2 Å². The van der Waals surface area contributed by atoms with Gasteiger partial charge in [-0.3, -0.25) is 9.78 Å². The van der Waals surface area contributed by atoms with Gasteiger partial charge in [-0.05, 0) is 55.9 Å². The highest BCUT2D eigenvalue weighted by molar-refractivity contribution is 5.54. The van der Waals surface area contributed by atoms with E-state index in [2.05, 4.69) is 27.0 Å². The fourth-order valence-electron chi connectivity index (χ4n) is 4.50. The Kier molecular flexibility index (Phi) is 3.78. The molecule has 7 heteroatoms. The van der Waals surface area contributed by atoms with Crippen LogP contribution in [0.3, 0.4) is 0 Å². The minimum absolute atomic E-state index is 0.0740. The maximum Gasteiger partial charge on any atom is 0.257 e. The number of methoxy groups -OCH3 is 1. The average molecular weight is 341 g/mol. The van der Waals surface area contributed by atoms with Gasteiger partial charge in [0.05, 0.1) is 12.7 Å². The lowest BCUT2D eigenvalue weighted by Crippen LogP contribution is -2.43. The van der Waals surface area contributed by atoms with Gasteiger partial charge in [-0.2, -0.15) is 4.98 Å². The van der Waals surface area contributed by atoms with Gasteiger partial charge in [0.1, 0.15) is 11.6 Å². The highest BCUT2D eigenvalue weighted by atomic mass is 16.5. The van der Waals surface area contributed by atoms with Crippen LogP contribution in [-0.2, 0) is 0 Å². The second-order valence-electron chi connectivity index (χ2n) is 6.91. The molecule has 0 saturated carbocycles. The maximum absolute atomic E-state index is 12.3. The molecule has 1 aromatic carbocycles. The number of piperidine rings is 1. The lowest BCUT2D eigenvalue weighted by Gasteiger charge is -2.40. The molecular weight excluding hydrogens is 318 g/mol. The summed E-state index contributed by atoms with van der Waals surface area (Å²) in [5.74, 6) is 1.33. The summed E-state index contributed by atoms with van der Waals surface area (Å²) in [4.78, 5) is 21.5. The molecule has 2 aromatic rings. The Balaban J connectivity index is 1.61. The van der Waals surface area contributed by atoms with Gasteiger partial charge in [0.2, 0.25) is 5.95 Å². The Labute approximate surface area is 146 Å². The number of benzene rings is 1. The summed E-state index contributed by atoms with van der Waals surface area (Å²) in [5.41, 5.74) is 13.2. The summed E-state index contributed by atoms with van der Waals surface area (Å²) in [7, 11) is 1.67. The number of H-pyrrole nitrogens is 1. The summed E-state index contributed by atoms with van der Waals surface area (Å²) in [6.45, 7) is 0. The number of anilines is 3. The van der Waals surface area contributed by atoms with Gasteiger partial charge < -0.3 is 21.1 Å². The molecule has 2 aliphatic heterocycles. The van der Waals surface area contributed by atoms with Crippen molar-refractivity contribution in [3.8, 4) is 5.75 Å². The fraction of sp³-hybridized carbons (Fsp3) is 0.444. The van der Waals surface area contributed by atoms with Crippen LogP contribution in [0.4, 0.5) is 17.5 Å². The Bertz CT molecular complexity index is 818. The third-order valence-corrected chi connectivity index (χ3v) is 5.51. The lowest BCUT2D eigenvalue weighted by molar-refractivity contribution is 0.410. The number of rotatable bonds is 3. The van der Waals surface area contributed by atoms with Gasteiger partial charge >= 0.3 is 0 Å². The van der Waals surface area contributed by atoms with Crippen LogP contribution >= 0.6 is 0 Å². The number of fused-ring (bicyclic) bond motifs is 2. The summed E-state index contributed by atoms with van der Waals surface area (Å²) in [5, 5.41) is 0. The third-order valence-electron chi connectivity index (χ3n) is 5.51. The van der Waals surface area contributed by atoms with E-state index in [4.69, 9.17) is 16.2 Å². The lowest BCUT2D eigenvalue weighted by atomic mass is 9.85. The van der Waals surface area contributed by atoms with E-state index in [1.165, 1.54) is 5.69 Å². The van der Waals surface area contributed by atoms with Crippen molar-refractivity contribution in [1.82, 2.24) is 9.97 Å². The predicted octanol–water partition coefficient (Wildman–Crippen LogP) is 1.86. The highest BCUT2D eigenvalue weighted by Crippen LogP contribution is 2.45. The second-order valence-corrected chi connectivity index (χ2v) is 6.91. The SMILES string of the molecule is COc1ccc(N2C3CCC2CC(c2c(N)nc(N)[nH]c2=O)C3)cc1. The monoisotopic (exact) mass is 341 g/mol. The zero-order valence-corrected chi connectivity index (χ0v) is 14.2. The van der Waals surface area contributed by atoms with Crippen LogP contribution < -0.4 is 26.7 Å². The molecule has 2 aliphatic rings. The van der Waals surface area contributed by atoms with Crippen LogP contribution in [0.2, 0.25) is 0 Å². The quantitative estimate of drug-likeness (QED) is 0.786. The Hall–Kier alpha value is -2.70. The summed E-state index contributed by atoms with van der Waals surface area (Å²) >= 11 is 0. The van der Waals surface area contributed by atoms with E-state index in [1.807, 2.05) is 12.1 Å². The molecule has 0 amide bonds. The number of hydrogen-bond acceptors (Lipinski definition) is 6. The maximum atomic E-state index is 12.3. The number of aromatic amines is 1. The van der Waals surface area contributed by atoms with E-state index in [1.54, 1.807) is 7.11 Å². The smallest absolute Gasteiger partial charge is 0.257 e. The standard InChI is InChI=1S/C18H23N5O2/c1-25-14-6-4-11(5-7-14)23-12-2-3-13(23)9-10(8-12)15-16(19)21-18(20)22-17(15)24/h4-7,10,12-13H,2-3,8-9H2,1H3,(H5,19,20,21,22,24). The third kappa shape index (κ3) is 2.69. The van der Waals surface area contributed by atoms with E-state index < -0.39 is 0 Å². The molecule has 7 nitrogen and oxygen atoms in total. The van der Waals surface area contributed by atoms with Crippen LogP contribution in [0.25, 0.3) is 0 Å². The van der Waals surface area contributed by atoms with E-state index >= 15 is 0 Å². The van der Waals surface area contributed by atoms with Crippen molar-refractivity contribution in [1.29, 1.82) is 0 Å². The number of ether oxygens (including phenoxy) is 1. The van der Waals surface area contributed by atoms with Crippen molar-refractivity contribution >= 4 is 17.5 Å². The summed E-state index contributed by atoms with van der Waals surface area (Å²) in [6.07, 6.45) is 4.07. The molecule has 4 rings (SSSR count). The molecule has 0 spiro atoms. The van der Waals surface area contributed by atoms with Crippen molar-refractivity contribution in [2.75, 3.05) is 23.5 Å². The molecule has 2 bridgehead atoms. The van der Waals surface area contributed by atoms with Crippen molar-refractivity contribution in [3.05, 3.63) is 40.2 Å². The van der Waals surface area contributed by atoms with Gasteiger partial charge in [-0.25, -0.2) is 0 Å². The van der Waals surface area contributed by atoms with Gasteiger partial charge in [-0.15, -0.1) is 0 Å². The van der Waals surface area contributed by atoms with Crippen molar-refractivity contribution in [2.45, 2.75) is 43.7 Å². The molecular formula is C18H23N5O2. The fourth-order valence-corrected chi connectivity index (χ4v) is 4.50. The Morgan fingerprint density at radius 2 is 1.80 bits per heavy atom. The van der Waals surface area contributed by atoms with Crippen LogP contribution in [0.5, 0.6) is 5.75 Å².